The fourth-order valence-corrected chi connectivity index (χ4v) is 2.57. The van der Waals surface area contributed by atoms with E-state index in [1.165, 1.54) is 0 Å². The summed E-state index contributed by atoms with van der Waals surface area (Å²) in [6.45, 7) is 8.13. The third kappa shape index (κ3) is 2.60. The lowest BCUT2D eigenvalue weighted by atomic mass is 9.88. The maximum absolute atomic E-state index is 9.96. The molecule has 17 heavy (non-hydrogen) atoms. The van der Waals surface area contributed by atoms with Crippen LogP contribution in [-0.2, 0) is 6.42 Å². The fraction of sp³-hybridized carbons (Fsp3) is 0.643. The smallest absolute Gasteiger partial charge is 0.128 e. The standard InChI is InChI=1S/C14H22N2O/c1-4-12-6-5-7-13(15-12)16-8-10(2)14(17)11(3)9-16/h5-7,10-11,14,17H,4,8-9H2,1-3H3/t10-,11+,14?. The van der Waals surface area contributed by atoms with Crippen LogP contribution in [0, 0.1) is 11.8 Å². The van der Waals surface area contributed by atoms with E-state index in [4.69, 9.17) is 0 Å². The van der Waals surface area contributed by atoms with E-state index in [9.17, 15) is 5.11 Å². The second kappa shape index (κ2) is 5.05. The van der Waals surface area contributed by atoms with Gasteiger partial charge in [-0.25, -0.2) is 4.98 Å². The molecule has 3 atom stereocenters. The summed E-state index contributed by atoms with van der Waals surface area (Å²) in [5, 5.41) is 9.96. The van der Waals surface area contributed by atoms with Crippen LogP contribution in [0.1, 0.15) is 26.5 Å². The molecule has 1 saturated heterocycles. The number of piperidine rings is 1. The van der Waals surface area contributed by atoms with Gasteiger partial charge in [-0.3, -0.25) is 0 Å². The summed E-state index contributed by atoms with van der Waals surface area (Å²) in [7, 11) is 0. The van der Waals surface area contributed by atoms with Gasteiger partial charge in [0.15, 0.2) is 0 Å². The predicted molar refractivity (Wildman–Crippen MR) is 70.2 cm³/mol. The summed E-state index contributed by atoms with van der Waals surface area (Å²) in [6.07, 6.45) is 0.788. The molecule has 1 unspecified atom stereocenters. The highest BCUT2D eigenvalue weighted by Gasteiger charge is 2.30. The minimum Gasteiger partial charge on any atom is -0.392 e. The highest BCUT2D eigenvalue weighted by atomic mass is 16.3. The highest BCUT2D eigenvalue weighted by Crippen LogP contribution is 2.25. The Bertz CT molecular complexity index is 368. The fourth-order valence-electron chi connectivity index (χ4n) is 2.57. The van der Waals surface area contributed by atoms with Crippen molar-refractivity contribution in [1.29, 1.82) is 0 Å². The molecule has 0 amide bonds. The lowest BCUT2D eigenvalue weighted by molar-refractivity contribution is 0.0527. The molecule has 0 bridgehead atoms. The maximum atomic E-state index is 9.96. The number of aryl methyl sites for hydroxylation is 1. The molecule has 0 aliphatic carbocycles. The third-order valence-electron chi connectivity index (χ3n) is 3.66. The van der Waals surface area contributed by atoms with Gasteiger partial charge in [0.2, 0.25) is 0 Å². The molecule has 1 fully saturated rings. The van der Waals surface area contributed by atoms with E-state index >= 15 is 0 Å². The van der Waals surface area contributed by atoms with E-state index in [0.717, 1.165) is 31.0 Å². The first-order chi connectivity index (χ1) is 8.11. The van der Waals surface area contributed by atoms with Crippen molar-refractivity contribution in [2.75, 3.05) is 18.0 Å². The molecule has 1 N–H and O–H groups in total. The lowest BCUT2D eigenvalue weighted by Crippen LogP contribution is -2.47. The summed E-state index contributed by atoms with van der Waals surface area (Å²) < 4.78 is 0. The molecular formula is C14H22N2O. The van der Waals surface area contributed by atoms with E-state index in [2.05, 4.69) is 48.9 Å². The van der Waals surface area contributed by atoms with E-state index in [0.29, 0.717) is 11.8 Å². The monoisotopic (exact) mass is 234 g/mol. The number of hydrogen-bond acceptors (Lipinski definition) is 3. The number of rotatable bonds is 2. The quantitative estimate of drug-likeness (QED) is 0.851. The summed E-state index contributed by atoms with van der Waals surface area (Å²) in [5.41, 5.74) is 1.13. The van der Waals surface area contributed by atoms with Gasteiger partial charge < -0.3 is 10.0 Å². The second-order valence-electron chi connectivity index (χ2n) is 5.19. The van der Waals surface area contributed by atoms with Crippen molar-refractivity contribution in [2.24, 2.45) is 11.8 Å². The average Bonchev–Trinajstić information content (AvgIpc) is 2.35. The van der Waals surface area contributed by atoms with Crippen molar-refractivity contribution in [1.82, 2.24) is 4.98 Å². The zero-order chi connectivity index (χ0) is 12.4. The first-order valence-corrected chi connectivity index (χ1v) is 6.50. The van der Waals surface area contributed by atoms with Gasteiger partial charge in [-0.2, -0.15) is 0 Å². The molecule has 1 aromatic rings. The van der Waals surface area contributed by atoms with Crippen molar-refractivity contribution in [3.05, 3.63) is 23.9 Å². The minimum absolute atomic E-state index is 0.180. The van der Waals surface area contributed by atoms with Crippen molar-refractivity contribution >= 4 is 5.82 Å². The molecule has 3 heteroatoms. The van der Waals surface area contributed by atoms with Gasteiger partial charge in [0, 0.05) is 18.8 Å². The summed E-state index contributed by atoms with van der Waals surface area (Å²) >= 11 is 0. The van der Waals surface area contributed by atoms with Crippen molar-refractivity contribution < 1.29 is 5.11 Å². The Kier molecular flexibility index (Phi) is 3.67. The molecule has 2 rings (SSSR count). The molecule has 94 valence electrons. The number of pyridine rings is 1. The maximum Gasteiger partial charge on any atom is 0.128 e. The Balaban J connectivity index is 2.16. The Hall–Kier alpha value is -1.09. The van der Waals surface area contributed by atoms with Crippen LogP contribution in [0.2, 0.25) is 0 Å². The van der Waals surface area contributed by atoms with E-state index in [1.807, 2.05) is 0 Å². The van der Waals surface area contributed by atoms with E-state index < -0.39 is 0 Å². The number of aliphatic hydroxyl groups excluding tert-OH is 1. The SMILES string of the molecule is CCc1cccc(N2C[C@@H](C)C(O)[C@@H](C)C2)n1. The van der Waals surface area contributed by atoms with Crippen molar-refractivity contribution in [3.8, 4) is 0 Å². The van der Waals surface area contributed by atoms with Gasteiger partial charge in [-0.05, 0) is 30.4 Å². The van der Waals surface area contributed by atoms with E-state index in [-0.39, 0.29) is 6.10 Å². The van der Waals surface area contributed by atoms with Gasteiger partial charge >= 0.3 is 0 Å². The molecule has 1 aliphatic heterocycles. The van der Waals surface area contributed by atoms with Crippen LogP contribution >= 0.6 is 0 Å². The Morgan fingerprint density at radius 1 is 1.29 bits per heavy atom. The molecule has 0 spiro atoms. The largest absolute Gasteiger partial charge is 0.392 e. The zero-order valence-electron chi connectivity index (χ0n) is 10.9. The third-order valence-corrected chi connectivity index (χ3v) is 3.66. The average molecular weight is 234 g/mol. The summed E-state index contributed by atoms with van der Waals surface area (Å²) in [6, 6.07) is 6.20. The molecule has 3 nitrogen and oxygen atoms in total. The second-order valence-corrected chi connectivity index (χ2v) is 5.19. The van der Waals surface area contributed by atoms with Crippen LogP contribution in [-0.4, -0.2) is 29.3 Å². The number of nitrogens with zero attached hydrogens (tertiary/aromatic N) is 2. The summed E-state index contributed by atoms with van der Waals surface area (Å²) in [5.74, 6) is 1.67. The van der Waals surface area contributed by atoms with Crippen LogP contribution in [0.25, 0.3) is 0 Å². The minimum atomic E-state index is -0.180. The molecule has 2 heterocycles. The molecule has 0 aromatic carbocycles. The number of aromatic nitrogens is 1. The Labute approximate surface area is 103 Å². The Morgan fingerprint density at radius 3 is 2.53 bits per heavy atom. The van der Waals surface area contributed by atoms with Gasteiger partial charge in [-0.1, -0.05) is 26.8 Å². The van der Waals surface area contributed by atoms with Crippen molar-refractivity contribution in [3.63, 3.8) is 0 Å². The Morgan fingerprint density at radius 2 is 1.94 bits per heavy atom. The van der Waals surface area contributed by atoms with E-state index in [1.54, 1.807) is 0 Å². The molecule has 0 saturated carbocycles. The number of aliphatic hydroxyl groups is 1. The van der Waals surface area contributed by atoms with Gasteiger partial charge in [-0.15, -0.1) is 0 Å². The van der Waals surface area contributed by atoms with Crippen LogP contribution in [0.3, 0.4) is 0 Å². The molecular weight excluding hydrogens is 212 g/mol. The molecule has 0 radical (unpaired) electrons. The van der Waals surface area contributed by atoms with Gasteiger partial charge in [0.05, 0.1) is 6.10 Å². The molecule has 1 aliphatic rings. The summed E-state index contributed by atoms with van der Waals surface area (Å²) in [4.78, 5) is 6.95. The van der Waals surface area contributed by atoms with Crippen LogP contribution in [0.4, 0.5) is 5.82 Å². The lowest BCUT2D eigenvalue weighted by Gasteiger charge is -2.39. The first-order valence-electron chi connectivity index (χ1n) is 6.50. The van der Waals surface area contributed by atoms with Crippen molar-refractivity contribution in [2.45, 2.75) is 33.3 Å². The van der Waals surface area contributed by atoms with Gasteiger partial charge in [0.1, 0.15) is 5.82 Å². The van der Waals surface area contributed by atoms with Crippen LogP contribution in [0.5, 0.6) is 0 Å². The zero-order valence-corrected chi connectivity index (χ0v) is 10.9. The normalized spacial score (nSPS) is 29.4. The topological polar surface area (TPSA) is 36.4 Å². The first kappa shape index (κ1) is 12.4. The molecule has 1 aromatic heterocycles. The predicted octanol–water partition coefficient (Wildman–Crippen LogP) is 2.10. The van der Waals surface area contributed by atoms with Crippen LogP contribution < -0.4 is 4.90 Å². The number of hydrogen-bond donors (Lipinski definition) is 1. The number of anilines is 1. The van der Waals surface area contributed by atoms with Gasteiger partial charge in [0.25, 0.3) is 0 Å². The van der Waals surface area contributed by atoms with Crippen LogP contribution in [0.15, 0.2) is 18.2 Å². The highest BCUT2D eigenvalue weighted by molar-refractivity contribution is 5.40.